The van der Waals surface area contributed by atoms with Crippen LogP contribution in [0.2, 0.25) is 0 Å². The smallest absolute Gasteiger partial charge is 0.0422 e. The van der Waals surface area contributed by atoms with Gasteiger partial charge < -0.3 is 10.2 Å². The molecule has 0 spiro atoms. The number of benzene rings is 2. The zero-order valence-corrected chi connectivity index (χ0v) is 13.1. The number of piperidine rings is 1. The van der Waals surface area contributed by atoms with Gasteiger partial charge in [0, 0.05) is 30.9 Å². The van der Waals surface area contributed by atoms with Crippen molar-refractivity contribution in [2.24, 2.45) is 0 Å². The van der Waals surface area contributed by atoms with Crippen molar-refractivity contribution >= 4 is 11.3 Å². The molecule has 112 valence electrons. The Morgan fingerprint density at radius 2 is 1.55 bits per heavy atom. The Morgan fingerprint density at radius 1 is 0.864 bits per heavy atom. The Kier molecular flexibility index (Phi) is 3.47. The van der Waals surface area contributed by atoms with Gasteiger partial charge in [-0.2, -0.15) is 0 Å². The highest BCUT2D eigenvalue weighted by molar-refractivity contribution is 5.90. The molecule has 1 saturated heterocycles. The van der Waals surface area contributed by atoms with E-state index >= 15 is 0 Å². The fraction of sp³-hybridized carbons (Fsp3) is 0.300. The summed E-state index contributed by atoms with van der Waals surface area (Å²) < 4.78 is 0. The molecule has 4 rings (SSSR count). The number of likely N-dealkylation sites (tertiary alicyclic amines) is 1. The van der Waals surface area contributed by atoms with Crippen molar-refractivity contribution in [3.05, 3.63) is 70.8 Å². The van der Waals surface area contributed by atoms with E-state index in [4.69, 9.17) is 0 Å². The number of hydrogen-bond acceptors (Lipinski definition) is 2. The summed E-state index contributed by atoms with van der Waals surface area (Å²) in [5, 5.41) is 3.61. The van der Waals surface area contributed by atoms with Crippen molar-refractivity contribution in [3.8, 4) is 0 Å². The summed E-state index contributed by atoms with van der Waals surface area (Å²) in [5.74, 6) is 0. The number of nitrogens with one attached hydrogen (secondary N) is 1. The van der Waals surface area contributed by atoms with E-state index in [9.17, 15) is 0 Å². The molecular formula is C20H22N2. The highest BCUT2D eigenvalue weighted by Crippen LogP contribution is 2.39. The predicted octanol–water partition coefficient (Wildman–Crippen LogP) is 4.14. The second-order valence-electron chi connectivity index (χ2n) is 6.34. The van der Waals surface area contributed by atoms with E-state index in [1.807, 2.05) is 0 Å². The van der Waals surface area contributed by atoms with Crippen LogP contribution in [-0.2, 0) is 6.54 Å². The third-order valence-corrected chi connectivity index (χ3v) is 4.90. The first-order valence-electron chi connectivity index (χ1n) is 8.15. The maximum absolute atomic E-state index is 3.61. The summed E-state index contributed by atoms with van der Waals surface area (Å²) in [4.78, 5) is 2.43. The monoisotopic (exact) mass is 290 g/mol. The SMILES string of the molecule is CN1CCC(=C2c3ccccc3CNc3ccccc32)CC1. The Labute approximate surface area is 132 Å². The molecule has 2 heteroatoms. The number of para-hydroxylation sites is 1. The molecule has 2 heterocycles. The van der Waals surface area contributed by atoms with Crippen molar-refractivity contribution in [1.82, 2.24) is 4.90 Å². The molecule has 2 aliphatic heterocycles. The molecule has 22 heavy (non-hydrogen) atoms. The number of fused-ring (bicyclic) bond motifs is 2. The van der Waals surface area contributed by atoms with Crippen LogP contribution in [0, 0.1) is 0 Å². The van der Waals surface area contributed by atoms with Crippen LogP contribution in [0.25, 0.3) is 5.57 Å². The summed E-state index contributed by atoms with van der Waals surface area (Å²) >= 11 is 0. The number of rotatable bonds is 0. The highest BCUT2D eigenvalue weighted by Gasteiger charge is 2.22. The van der Waals surface area contributed by atoms with Crippen LogP contribution in [0.3, 0.4) is 0 Å². The lowest BCUT2D eigenvalue weighted by Crippen LogP contribution is -2.27. The van der Waals surface area contributed by atoms with Crippen molar-refractivity contribution in [3.63, 3.8) is 0 Å². The van der Waals surface area contributed by atoms with Crippen molar-refractivity contribution in [2.75, 3.05) is 25.5 Å². The first-order chi connectivity index (χ1) is 10.8. The van der Waals surface area contributed by atoms with Gasteiger partial charge in [-0.15, -0.1) is 0 Å². The van der Waals surface area contributed by atoms with Gasteiger partial charge in [-0.1, -0.05) is 48.0 Å². The van der Waals surface area contributed by atoms with E-state index in [0.717, 1.165) is 19.6 Å². The van der Waals surface area contributed by atoms with Gasteiger partial charge in [-0.25, -0.2) is 0 Å². The van der Waals surface area contributed by atoms with E-state index in [2.05, 4.69) is 65.8 Å². The molecular weight excluding hydrogens is 268 g/mol. The van der Waals surface area contributed by atoms with Crippen LogP contribution in [0.4, 0.5) is 5.69 Å². The molecule has 0 unspecified atom stereocenters. The van der Waals surface area contributed by atoms with Gasteiger partial charge in [0.15, 0.2) is 0 Å². The lowest BCUT2D eigenvalue weighted by molar-refractivity contribution is 0.313. The second-order valence-corrected chi connectivity index (χ2v) is 6.34. The van der Waals surface area contributed by atoms with Gasteiger partial charge >= 0.3 is 0 Å². The molecule has 2 nitrogen and oxygen atoms in total. The van der Waals surface area contributed by atoms with Crippen LogP contribution in [-0.4, -0.2) is 25.0 Å². The Bertz CT molecular complexity index is 670. The zero-order chi connectivity index (χ0) is 14.9. The van der Waals surface area contributed by atoms with Gasteiger partial charge in [0.25, 0.3) is 0 Å². The maximum Gasteiger partial charge on any atom is 0.0422 e. The molecule has 1 N–H and O–H groups in total. The summed E-state index contributed by atoms with van der Waals surface area (Å²) in [5.41, 5.74) is 8.54. The first-order valence-corrected chi connectivity index (χ1v) is 8.15. The average Bonchev–Trinajstić information content (AvgIpc) is 2.73. The summed E-state index contributed by atoms with van der Waals surface area (Å²) in [6.45, 7) is 3.23. The van der Waals surface area contributed by atoms with E-state index in [0.29, 0.717) is 0 Å². The van der Waals surface area contributed by atoms with Gasteiger partial charge in [0.1, 0.15) is 0 Å². The summed E-state index contributed by atoms with van der Waals surface area (Å²) in [6, 6.07) is 17.6. The van der Waals surface area contributed by atoms with Crippen LogP contribution in [0.1, 0.15) is 29.5 Å². The van der Waals surface area contributed by atoms with E-state index in [1.165, 1.54) is 40.8 Å². The Hall–Kier alpha value is -2.06. The lowest BCUT2D eigenvalue weighted by Gasteiger charge is -2.27. The molecule has 0 saturated carbocycles. The van der Waals surface area contributed by atoms with Crippen LogP contribution >= 0.6 is 0 Å². The van der Waals surface area contributed by atoms with E-state index < -0.39 is 0 Å². The van der Waals surface area contributed by atoms with E-state index in [-0.39, 0.29) is 0 Å². The fourth-order valence-corrected chi connectivity index (χ4v) is 3.63. The Balaban J connectivity index is 1.93. The lowest BCUT2D eigenvalue weighted by atomic mass is 9.86. The van der Waals surface area contributed by atoms with Gasteiger partial charge in [-0.05, 0) is 42.7 Å². The molecule has 0 atom stereocenters. The summed E-state index contributed by atoms with van der Waals surface area (Å²) in [6.07, 6.45) is 2.35. The standard InChI is InChI=1S/C20H22N2/c1-22-12-10-15(11-13-22)20-17-7-3-2-6-16(17)14-21-19-9-5-4-8-18(19)20/h2-9,21H,10-14H2,1H3. The third-order valence-electron chi connectivity index (χ3n) is 4.90. The largest absolute Gasteiger partial charge is 0.380 e. The van der Waals surface area contributed by atoms with Gasteiger partial charge in [-0.3, -0.25) is 0 Å². The maximum atomic E-state index is 3.61. The normalized spacial score (nSPS) is 18.2. The highest BCUT2D eigenvalue weighted by atomic mass is 15.1. The molecule has 0 amide bonds. The minimum absolute atomic E-state index is 0.907. The van der Waals surface area contributed by atoms with E-state index in [1.54, 1.807) is 5.57 Å². The number of hydrogen-bond donors (Lipinski definition) is 1. The molecule has 2 aromatic carbocycles. The molecule has 0 radical (unpaired) electrons. The molecule has 0 bridgehead atoms. The summed E-state index contributed by atoms with van der Waals surface area (Å²) in [7, 11) is 2.22. The second kappa shape index (κ2) is 5.62. The first kappa shape index (κ1) is 13.6. The van der Waals surface area contributed by atoms with Crippen LogP contribution < -0.4 is 5.32 Å². The fourth-order valence-electron chi connectivity index (χ4n) is 3.63. The average molecular weight is 290 g/mol. The van der Waals surface area contributed by atoms with Gasteiger partial charge in [0.2, 0.25) is 0 Å². The quantitative estimate of drug-likeness (QED) is 0.784. The van der Waals surface area contributed by atoms with Crippen molar-refractivity contribution in [2.45, 2.75) is 19.4 Å². The van der Waals surface area contributed by atoms with Crippen LogP contribution in [0.15, 0.2) is 54.1 Å². The van der Waals surface area contributed by atoms with Crippen molar-refractivity contribution in [1.29, 1.82) is 0 Å². The van der Waals surface area contributed by atoms with Crippen molar-refractivity contribution < 1.29 is 0 Å². The minimum atomic E-state index is 0.907. The predicted molar refractivity (Wildman–Crippen MR) is 93.0 cm³/mol. The Morgan fingerprint density at radius 3 is 2.36 bits per heavy atom. The molecule has 1 fully saturated rings. The zero-order valence-electron chi connectivity index (χ0n) is 13.1. The minimum Gasteiger partial charge on any atom is -0.380 e. The topological polar surface area (TPSA) is 15.3 Å². The molecule has 2 aliphatic rings. The molecule has 0 aliphatic carbocycles. The number of nitrogens with zero attached hydrogens (tertiary/aromatic N) is 1. The molecule has 2 aromatic rings. The molecule has 0 aromatic heterocycles. The number of anilines is 1. The van der Waals surface area contributed by atoms with Crippen LogP contribution in [0.5, 0.6) is 0 Å². The van der Waals surface area contributed by atoms with Gasteiger partial charge in [0.05, 0.1) is 0 Å². The third kappa shape index (κ3) is 2.34.